The Balaban J connectivity index is 1.21. The molecule has 1 aromatic rings. The number of carbonyl (C=O) groups is 1. The minimum absolute atomic E-state index is 0.0250. The molecule has 0 aliphatic carbocycles. The number of nitrogens with zero attached hydrogens (tertiary/aromatic N) is 3. The lowest BCUT2D eigenvalue weighted by atomic mass is 10.2. The van der Waals surface area contributed by atoms with Crippen molar-refractivity contribution in [2.75, 3.05) is 72.2 Å². The Morgan fingerprint density at radius 2 is 1.64 bits per heavy atom. The molecule has 1 amide bonds. The number of aliphatic hydroxyl groups is 1. The van der Waals surface area contributed by atoms with Crippen molar-refractivity contribution < 1.29 is 24.1 Å². The number of β-amino-alcohol motifs (C(OH)–C–C–N with tert-alkyl or cyclic N) is 1. The summed E-state index contributed by atoms with van der Waals surface area (Å²) in [5, 5.41) is 10.4. The molecule has 8 heteroatoms. The number of hydrogen-bond donors (Lipinski definition) is 1. The zero-order chi connectivity index (χ0) is 19.3. The van der Waals surface area contributed by atoms with Crippen LogP contribution in [0.3, 0.4) is 0 Å². The summed E-state index contributed by atoms with van der Waals surface area (Å²) in [5.74, 6) is 1.28. The molecular formula is C20H29N3O5. The largest absolute Gasteiger partial charge is 0.485 e. The second-order valence-electron chi connectivity index (χ2n) is 7.56. The number of benzene rings is 1. The molecule has 2 saturated heterocycles. The molecule has 0 bridgehead atoms. The predicted octanol–water partition coefficient (Wildman–Crippen LogP) is -0.336. The molecule has 0 spiro atoms. The van der Waals surface area contributed by atoms with Gasteiger partial charge in [-0.25, -0.2) is 0 Å². The standard InChI is InChI=1S/C20H29N3O5/c24-16(14-22-9-11-26-12-10-22)13-21-5-7-23(8-6-21)20(25)19-15-27-17-3-1-2-4-18(17)28-19/h1-4,16,19,24H,5-15H2/t16-,19-/m1/s1. The number of ether oxygens (including phenoxy) is 3. The zero-order valence-corrected chi connectivity index (χ0v) is 16.2. The van der Waals surface area contributed by atoms with Gasteiger partial charge in [0.2, 0.25) is 6.10 Å². The lowest BCUT2D eigenvalue weighted by Gasteiger charge is -2.38. The van der Waals surface area contributed by atoms with Gasteiger partial charge in [0, 0.05) is 52.4 Å². The van der Waals surface area contributed by atoms with E-state index in [0.29, 0.717) is 37.7 Å². The van der Waals surface area contributed by atoms with E-state index in [-0.39, 0.29) is 18.6 Å². The lowest BCUT2D eigenvalue weighted by Crippen LogP contribution is -2.55. The van der Waals surface area contributed by atoms with Crippen LogP contribution in [0.4, 0.5) is 0 Å². The Morgan fingerprint density at radius 3 is 2.36 bits per heavy atom. The fourth-order valence-electron chi connectivity index (χ4n) is 3.93. The third-order valence-electron chi connectivity index (χ3n) is 5.51. The van der Waals surface area contributed by atoms with Crippen LogP contribution in [0.25, 0.3) is 0 Å². The summed E-state index contributed by atoms with van der Waals surface area (Å²) in [4.78, 5) is 19.1. The topological polar surface area (TPSA) is 74.7 Å². The third kappa shape index (κ3) is 4.75. The van der Waals surface area contributed by atoms with Gasteiger partial charge in [0.25, 0.3) is 5.91 Å². The number of carbonyl (C=O) groups excluding carboxylic acids is 1. The molecule has 0 aromatic heterocycles. The number of morpholine rings is 1. The first kappa shape index (κ1) is 19.4. The highest BCUT2D eigenvalue weighted by Gasteiger charge is 2.33. The number of hydrogen-bond acceptors (Lipinski definition) is 7. The van der Waals surface area contributed by atoms with Crippen molar-refractivity contribution in [2.24, 2.45) is 0 Å². The number of aliphatic hydroxyl groups excluding tert-OH is 1. The molecule has 0 radical (unpaired) electrons. The van der Waals surface area contributed by atoms with Crippen LogP contribution in [0.1, 0.15) is 0 Å². The Bertz CT molecular complexity index is 659. The first-order valence-corrected chi connectivity index (χ1v) is 10.1. The molecule has 1 aromatic carbocycles. The summed E-state index contributed by atoms with van der Waals surface area (Å²) in [6.45, 7) is 7.61. The first-order chi connectivity index (χ1) is 13.7. The van der Waals surface area contributed by atoms with E-state index in [0.717, 1.165) is 39.4 Å². The van der Waals surface area contributed by atoms with E-state index in [9.17, 15) is 9.90 Å². The van der Waals surface area contributed by atoms with Gasteiger partial charge in [0.15, 0.2) is 11.5 Å². The van der Waals surface area contributed by atoms with Gasteiger partial charge in [-0.2, -0.15) is 0 Å². The number of rotatable bonds is 5. The summed E-state index contributed by atoms with van der Waals surface area (Å²) in [6.07, 6.45) is -0.972. The van der Waals surface area contributed by atoms with E-state index >= 15 is 0 Å². The van der Waals surface area contributed by atoms with Gasteiger partial charge in [0.1, 0.15) is 6.61 Å². The molecule has 8 nitrogen and oxygen atoms in total. The highest BCUT2D eigenvalue weighted by molar-refractivity contribution is 5.82. The fraction of sp³-hybridized carbons (Fsp3) is 0.650. The van der Waals surface area contributed by atoms with Gasteiger partial charge in [-0.1, -0.05) is 12.1 Å². The van der Waals surface area contributed by atoms with Crippen LogP contribution in [-0.2, 0) is 9.53 Å². The monoisotopic (exact) mass is 391 g/mol. The van der Waals surface area contributed by atoms with Crippen LogP contribution in [-0.4, -0.2) is 110 Å². The van der Waals surface area contributed by atoms with Crippen LogP contribution >= 0.6 is 0 Å². The van der Waals surface area contributed by atoms with Crippen LogP contribution in [0.2, 0.25) is 0 Å². The highest BCUT2D eigenvalue weighted by atomic mass is 16.6. The lowest BCUT2D eigenvalue weighted by molar-refractivity contribution is -0.143. The second-order valence-corrected chi connectivity index (χ2v) is 7.56. The van der Waals surface area contributed by atoms with E-state index in [1.54, 1.807) is 0 Å². The van der Waals surface area contributed by atoms with Crippen molar-refractivity contribution in [3.63, 3.8) is 0 Å². The van der Waals surface area contributed by atoms with Gasteiger partial charge in [-0.15, -0.1) is 0 Å². The maximum Gasteiger partial charge on any atom is 0.267 e. The van der Waals surface area contributed by atoms with Crippen LogP contribution in [0.5, 0.6) is 11.5 Å². The maximum absolute atomic E-state index is 12.8. The van der Waals surface area contributed by atoms with Crippen LogP contribution < -0.4 is 9.47 Å². The average Bonchev–Trinajstić information content (AvgIpc) is 2.74. The van der Waals surface area contributed by atoms with Gasteiger partial charge < -0.3 is 24.2 Å². The molecule has 2 fully saturated rings. The van der Waals surface area contributed by atoms with Crippen molar-refractivity contribution >= 4 is 5.91 Å². The molecule has 154 valence electrons. The van der Waals surface area contributed by atoms with E-state index in [2.05, 4.69) is 9.80 Å². The molecule has 1 N–H and O–H groups in total. The zero-order valence-electron chi connectivity index (χ0n) is 16.2. The summed E-state index contributed by atoms with van der Waals surface area (Å²) in [6, 6.07) is 7.42. The summed E-state index contributed by atoms with van der Waals surface area (Å²) < 4.78 is 16.8. The molecule has 3 heterocycles. The Hall–Kier alpha value is -1.87. The van der Waals surface area contributed by atoms with Gasteiger partial charge >= 0.3 is 0 Å². The molecule has 3 aliphatic rings. The Kier molecular flexibility index (Phi) is 6.31. The van der Waals surface area contributed by atoms with Crippen LogP contribution in [0, 0.1) is 0 Å². The second kappa shape index (κ2) is 9.09. The SMILES string of the molecule is O=C([C@H]1COc2ccccc2O1)N1CCN(C[C@@H](O)CN2CCOCC2)CC1. The van der Waals surface area contributed by atoms with Gasteiger partial charge in [-0.05, 0) is 12.1 Å². The summed E-state index contributed by atoms with van der Waals surface area (Å²) in [7, 11) is 0. The molecule has 0 saturated carbocycles. The molecule has 28 heavy (non-hydrogen) atoms. The number of para-hydroxylation sites is 2. The van der Waals surface area contributed by atoms with Gasteiger partial charge in [0.05, 0.1) is 19.3 Å². The third-order valence-corrected chi connectivity index (χ3v) is 5.51. The highest BCUT2D eigenvalue weighted by Crippen LogP contribution is 2.31. The van der Waals surface area contributed by atoms with Crippen molar-refractivity contribution in [1.29, 1.82) is 0 Å². The molecule has 3 aliphatic heterocycles. The van der Waals surface area contributed by atoms with Crippen LogP contribution in [0.15, 0.2) is 24.3 Å². The van der Waals surface area contributed by atoms with Crippen molar-refractivity contribution in [3.8, 4) is 11.5 Å². The molecule has 2 atom stereocenters. The molecule has 4 rings (SSSR count). The Labute approximate surface area is 165 Å². The summed E-state index contributed by atoms with van der Waals surface area (Å²) >= 11 is 0. The fourth-order valence-corrected chi connectivity index (χ4v) is 3.93. The smallest absolute Gasteiger partial charge is 0.267 e. The number of fused-ring (bicyclic) bond motifs is 1. The van der Waals surface area contributed by atoms with E-state index in [1.807, 2.05) is 29.2 Å². The quantitative estimate of drug-likeness (QED) is 0.736. The minimum atomic E-state index is -0.589. The van der Waals surface area contributed by atoms with E-state index < -0.39 is 6.10 Å². The number of piperazine rings is 1. The Morgan fingerprint density at radius 1 is 1.00 bits per heavy atom. The minimum Gasteiger partial charge on any atom is -0.485 e. The molecule has 0 unspecified atom stereocenters. The normalized spacial score (nSPS) is 24.8. The average molecular weight is 391 g/mol. The number of amides is 1. The van der Waals surface area contributed by atoms with E-state index in [1.165, 1.54) is 0 Å². The van der Waals surface area contributed by atoms with Gasteiger partial charge in [-0.3, -0.25) is 14.6 Å². The van der Waals surface area contributed by atoms with Crippen molar-refractivity contribution in [3.05, 3.63) is 24.3 Å². The van der Waals surface area contributed by atoms with Crippen molar-refractivity contribution in [2.45, 2.75) is 12.2 Å². The summed E-state index contributed by atoms with van der Waals surface area (Å²) in [5.41, 5.74) is 0. The van der Waals surface area contributed by atoms with Crippen molar-refractivity contribution in [1.82, 2.24) is 14.7 Å². The molecular weight excluding hydrogens is 362 g/mol. The maximum atomic E-state index is 12.8. The van der Waals surface area contributed by atoms with E-state index in [4.69, 9.17) is 14.2 Å². The predicted molar refractivity (Wildman–Crippen MR) is 103 cm³/mol. The first-order valence-electron chi connectivity index (χ1n) is 10.1.